The van der Waals surface area contributed by atoms with Crippen LogP contribution >= 0.6 is 39.7 Å². The second-order valence-corrected chi connectivity index (χ2v) is 8.92. The molecule has 7 heteroatoms. The number of hydrogen-bond donors (Lipinski definition) is 1. The molecule has 2 aromatic carbocycles. The van der Waals surface area contributed by atoms with E-state index < -0.39 is 0 Å². The molecule has 0 radical (unpaired) electrons. The molecule has 2 aromatic heterocycles. The number of hydrogen-bond acceptors (Lipinski definition) is 3. The van der Waals surface area contributed by atoms with E-state index in [1.165, 1.54) is 0 Å². The third-order valence-corrected chi connectivity index (χ3v) is 6.35. The van der Waals surface area contributed by atoms with Crippen molar-refractivity contribution in [3.8, 4) is 11.3 Å². The van der Waals surface area contributed by atoms with Crippen LogP contribution < -0.4 is 10.2 Å². The van der Waals surface area contributed by atoms with E-state index in [2.05, 4.69) is 31.1 Å². The van der Waals surface area contributed by atoms with Crippen molar-refractivity contribution < 1.29 is 4.42 Å². The van der Waals surface area contributed by atoms with E-state index in [1.807, 2.05) is 78.9 Å². The van der Waals surface area contributed by atoms with E-state index in [0.29, 0.717) is 10.1 Å². The van der Waals surface area contributed by atoms with Gasteiger partial charge in [-0.05, 0) is 85.0 Å². The number of furan rings is 1. The summed E-state index contributed by atoms with van der Waals surface area (Å²) in [7, 11) is 0. The summed E-state index contributed by atoms with van der Waals surface area (Å²) in [6.45, 7) is 0. The Morgan fingerprint density at radius 1 is 0.968 bits per heavy atom. The number of rotatable bonds is 4. The van der Waals surface area contributed by atoms with Gasteiger partial charge in [-0.25, -0.2) is 0 Å². The molecule has 2 atom stereocenters. The summed E-state index contributed by atoms with van der Waals surface area (Å²) in [4.78, 5) is 6.66. The van der Waals surface area contributed by atoms with Gasteiger partial charge in [0, 0.05) is 26.9 Å². The van der Waals surface area contributed by atoms with Gasteiger partial charge in [0.25, 0.3) is 0 Å². The van der Waals surface area contributed by atoms with E-state index in [0.717, 1.165) is 32.9 Å². The van der Waals surface area contributed by atoms with Crippen LogP contribution in [0.4, 0.5) is 5.69 Å². The maximum Gasteiger partial charge on any atom is 0.174 e. The number of thiocarbonyl (C=S) groups is 1. The summed E-state index contributed by atoms with van der Waals surface area (Å²) in [6.07, 6.45) is 1.79. The normalized spacial score (nSPS) is 18.3. The average molecular weight is 511 g/mol. The Labute approximate surface area is 199 Å². The Balaban J connectivity index is 1.59. The first-order valence-corrected chi connectivity index (χ1v) is 11.3. The van der Waals surface area contributed by atoms with Crippen LogP contribution in [0.5, 0.6) is 0 Å². The molecule has 1 N–H and O–H groups in total. The zero-order valence-electron chi connectivity index (χ0n) is 16.2. The highest BCUT2D eigenvalue weighted by Gasteiger charge is 2.42. The summed E-state index contributed by atoms with van der Waals surface area (Å²) in [6, 6.07) is 25.2. The maximum absolute atomic E-state index is 6.35. The average Bonchev–Trinajstić information content (AvgIpc) is 3.40. The maximum atomic E-state index is 6.35. The smallest absolute Gasteiger partial charge is 0.174 e. The van der Waals surface area contributed by atoms with Crippen molar-refractivity contribution in [3.63, 3.8) is 0 Å². The third-order valence-electron chi connectivity index (χ3n) is 5.25. The molecule has 2 unspecified atom stereocenters. The largest absolute Gasteiger partial charge is 0.459 e. The lowest BCUT2D eigenvalue weighted by atomic mass is 10.0. The van der Waals surface area contributed by atoms with E-state index in [4.69, 9.17) is 28.2 Å². The highest BCUT2D eigenvalue weighted by atomic mass is 79.9. The summed E-state index contributed by atoms with van der Waals surface area (Å²) >= 11 is 15.3. The van der Waals surface area contributed by atoms with E-state index >= 15 is 0 Å². The Kier molecular flexibility index (Phi) is 5.52. The van der Waals surface area contributed by atoms with Crippen molar-refractivity contribution in [2.24, 2.45) is 0 Å². The Hall–Kier alpha value is -2.67. The molecule has 0 aliphatic carbocycles. The molecule has 1 aliphatic rings. The lowest BCUT2D eigenvalue weighted by Crippen LogP contribution is -2.29. The predicted molar refractivity (Wildman–Crippen MR) is 131 cm³/mol. The van der Waals surface area contributed by atoms with Gasteiger partial charge in [-0.3, -0.25) is 4.98 Å². The van der Waals surface area contributed by atoms with Crippen LogP contribution in [0.2, 0.25) is 5.02 Å². The molecule has 3 heterocycles. The van der Waals surface area contributed by atoms with E-state index in [1.54, 1.807) is 6.20 Å². The van der Waals surface area contributed by atoms with E-state index in [9.17, 15) is 0 Å². The summed E-state index contributed by atoms with van der Waals surface area (Å²) in [5.74, 6) is 1.58. The van der Waals surface area contributed by atoms with Crippen LogP contribution in [0.1, 0.15) is 23.5 Å². The van der Waals surface area contributed by atoms with Crippen LogP contribution in [-0.2, 0) is 0 Å². The molecule has 1 fully saturated rings. The fraction of sp³-hybridized carbons (Fsp3) is 0.0833. The zero-order chi connectivity index (χ0) is 21.4. The molecule has 0 amide bonds. The molecular weight excluding hydrogens is 494 g/mol. The van der Waals surface area contributed by atoms with Crippen molar-refractivity contribution in [3.05, 3.63) is 106 Å². The highest BCUT2D eigenvalue weighted by Crippen LogP contribution is 2.43. The second kappa shape index (κ2) is 8.46. The van der Waals surface area contributed by atoms with Gasteiger partial charge >= 0.3 is 0 Å². The number of benzene rings is 2. The van der Waals surface area contributed by atoms with Gasteiger partial charge in [-0.1, -0.05) is 33.6 Å². The first-order valence-electron chi connectivity index (χ1n) is 9.72. The van der Waals surface area contributed by atoms with Gasteiger partial charge in [0.2, 0.25) is 0 Å². The van der Waals surface area contributed by atoms with Crippen molar-refractivity contribution in [2.75, 3.05) is 4.90 Å². The number of pyridine rings is 1. The molecule has 31 heavy (non-hydrogen) atoms. The molecular formula is C24H17BrClN3OS. The van der Waals surface area contributed by atoms with Gasteiger partial charge in [0.1, 0.15) is 17.6 Å². The Morgan fingerprint density at radius 3 is 2.45 bits per heavy atom. The van der Waals surface area contributed by atoms with Crippen molar-refractivity contribution in [1.29, 1.82) is 0 Å². The SMILES string of the molecule is S=C1NC(c2ccccn2)C(c2ccc(-c3ccc(Cl)cc3)o2)N1c1ccc(Br)cc1. The number of halogens is 2. The standard InChI is InChI=1S/C24H17BrClN3OS/c25-16-6-10-18(11-7-16)29-23(22(28-24(29)31)19-3-1-2-14-27-19)21-13-12-20(30-21)15-4-8-17(26)9-5-15/h1-14,22-23H,(H,28,31). The van der Waals surface area contributed by atoms with Crippen LogP contribution in [0, 0.1) is 0 Å². The lowest BCUT2D eigenvalue weighted by molar-refractivity contribution is 0.439. The molecule has 154 valence electrons. The van der Waals surface area contributed by atoms with Crippen LogP contribution in [0.3, 0.4) is 0 Å². The van der Waals surface area contributed by atoms with Crippen molar-refractivity contribution in [2.45, 2.75) is 12.1 Å². The van der Waals surface area contributed by atoms with Gasteiger partial charge in [0.05, 0.1) is 11.7 Å². The fourth-order valence-electron chi connectivity index (χ4n) is 3.80. The van der Waals surface area contributed by atoms with Crippen LogP contribution in [0.25, 0.3) is 11.3 Å². The fourth-order valence-corrected chi connectivity index (χ4v) is 4.54. The number of aromatic nitrogens is 1. The van der Waals surface area contributed by atoms with E-state index in [-0.39, 0.29) is 12.1 Å². The van der Waals surface area contributed by atoms with Gasteiger partial charge in [-0.15, -0.1) is 0 Å². The molecule has 5 rings (SSSR count). The summed E-state index contributed by atoms with van der Waals surface area (Å²) < 4.78 is 7.36. The molecule has 1 saturated heterocycles. The lowest BCUT2D eigenvalue weighted by Gasteiger charge is -2.26. The van der Waals surface area contributed by atoms with Crippen LogP contribution in [0.15, 0.2) is 93.9 Å². The molecule has 0 spiro atoms. The Morgan fingerprint density at radius 2 is 1.74 bits per heavy atom. The number of nitrogens with one attached hydrogen (secondary N) is 1. The molecule has 0 bridgehead atoms. The quantitative estimate of drug-likeness (QED) is 0.301. The Bertz CT molecular complexity index is 1210. The van der Waals surface area contributed by atoms with Crippen molar-refractivity contribution >= 4 is 50.5 Å². The minimum atomic E-state index is -0.190. The number of nitrogens with zero attached hydrogens (tertiary/aromatic N) is 2. The third kappa shape index (κ3) is 3.99. The second-order valence-electron chi connectivity index (χ2n) is 7.18. The highest BCUT2D eigenvalue weighted by molar-refractivity contribution is 9.10. The molecule has 1 aliphatic heterocycles. The molecule has 4 aromatic rings. The zero-order valence-corrected chi connectivity index (χ0v) is 19.4. The first-order chi connectivity index (χ1) is 15.1. The summed E-state index contributed by atoms with van der Waals surface area (Å²) in [5, 5.41) is 4.77. The predicted octanol–water partition coefficient (Wildman–Crippen LogP) is 6.93. The summed E-state index contributed by atoms with van der Waals surface area (Å²) in [5.41, 5.74) is 2.85. The minimum Gasteiger partial charge on any atom is -0.459 e. The minimum absolute atomic E-state index is 0.151. The monoisotopic (exact) mass is 509 g/mol. The molecule has 4 nitrogen and oxygen atoms in total. The van der Waals surface area contributed by atoms with Gasteiger partial charge < -0.3 is 14.6 Å². The topological polar surface area (TPSA) is 41.3 Å². The molecule has 0 saturated carbocycles. The van der Waals surface area contributed by atoms with Gasteiger partial charge in [-0.2, -0.15) is 0 Å². The first kappa shape index (κ1) is 20.2. The number of anilines is 1. The van der Waals surface area contributed by atoms with Crippen molar-refractivity contribution in [1.82, 2.24) is 10.3 Å². The van der Waals surface area contributed by atoms with Crippen LogP contribution in [-0.4, -0.2) is 10.1 Å². The van der Waals surface area contributed by atoms with Gasteiger partial charge in [0.15, 0.2) is 5.11 Å².